The van der Waals surface area contributed by atoms with Gasteiger partial charge in [0.1, 0.15) is 0 Å². The fourth-order valence-corrected chi connectivity index (χ4v) is 4.83. The fourth-order valence-electron chi connectivity index (χ4n) is 3.39. The van der Waals surface area contributed by atoms with Crippen LogP contribution in [0.2, 0.25) is 0 Å². The summed E-state index contributed by atoms with van der Waals surface area (Å²) < 4.78 is 2.99. The lowest BCUT2D eigenvalue weighted by atomic mass is 9.91. The van der Waals surface area contributed by atoms with Crippen molar-refractivity contribution in [2.75, 3.05) is 0 Å². The lowest BCUT2D eigenvalue weighted by molar-refractivity contribution is 0.918. The van der Waals surface area contributed by atoms with E-state index in [1.165, 1.54) is 60.8 Å². The highest BCUT2D eigenvalue weighted by molar-refractivity contribution is 7.26. The second-order valence-corrected chi connectivity index (χ2v) is 7.31. The molecule has 0 amide bonds. The molecule has 110 valence electrons. The minimum Gasteiger partial charge on any atom is -0.135 e. The summed E-state index contributed by atoms with van der Waals surface area (Å²) in [5.74, 6) is 0. The summed E-state index contributed by atoms with van der Waals surface area (Å²) in [5.41, 5.74) is 8.88. The van der Waals surface area contributed by atoms with Gasteiger partial charge >= 0.3 is 0 Å². The van der Waals surface area contributed by atoms with Gasteiger partial charge in [0.15, 0.2) is 0 Å². The Labute approximate surface area is 131 Å². The van der Waals surface area contributed by atoms with Gasteiger partial charge in [0.25, 0.3) is 0 Å². The van der Waals surface area contributed by atoms with E-state index in [1.807, 2.05) is 11.3 Å². The minimum atomic E-state index is 1.18. The van der Waals surface area contributed by atoms with E-state index in [9.17, 15) is 0 Å². The zero-order valence-electron chi connectivity index (χ0n) is 14.0. The Kier molecular flexibility index (Phi) is 3.57. The van der Waals surface area contributed by atoms with E-state index >= 15 is 0 Å². The third-order valence-corrected chi connectivity index (χ3v) is 6.54. The van der Waals surface area contributed by atoms with Crippen molar-refractivity contribution in [2.45, 2.75) is 54.4 Å². The smallest absolute Gasteiger partial charge is 0.0390 e. The molecular formula is C20H24S. The summed E-state index contributed by atoms with van der Waals surface area (Å²) in [6.07, 6.45) is 2.39. The Hall–Kier alpha value is -1.34. The van der Waals surface area contributed by atoms with Gasteiger partial charge < -0.3 is 0 Å². The first-order valence-corrected chi connectivity index (χ1v) is 8.70. The number of fused-ring (bicyclic) bond motifs is 3. The summed E-state index contributed by atoms with van der Waals surface area (Å²) >= 11 is 1.99. The van der Waals surface area contributed by atoms with Gasteiger partial charge in [-0.05, 0) is 74.4 Å². The van der Waals surface area contributed by atoms with E-state index in [4.69, 9.17) is 0 Å². The summed E-state index contributed by atoms with van der Waals surface area (Å²) in [5, 5.41) is 2.99. The molecule has 1 heteroatoms. The zero-order valence-corrected chi connectivity index (χ0v) is 14.8. The van der Waals surface area contributed by atoms with Crippen molar-refractivity contribution in [1.82, 2.24) is 0 Å². The molecule has 0 saturated heterocycles. The normalized spacial score (nSPS) is 11.7. The second kappa shape index (κ2) is 5.14. The fraction of sp³-hybridized carbons (Fsp3) is 0.400. The van der Waals surface area contributed by atoms with E-state index in [0.29, 0.717) is 0 Å². The molecule has 0 N–H and O–H groups in total. The monoisotopic (exact) mass is 296 g/mol. The standard InChI is InChI=1S/C20H24S/c1-7-8-16-14(5)13(4)15(6)20-18(16)17-10-9-11(2)12(3)19(17)21-20/h9-10H,7-8H2,1-6H3. The molecule has 0 fully saturated rings. The van der Waals surface area contributed by atoms with Gasteiger partial charge in [-0.1, -0.05) is 25.5 Å². The zero-order chi connectivity index (χ0) is 15.3. The van der Waals surface area contributed by atoms with Crippen LogP contribution in [0.1, 0.15) is 46.7 Å². The average Bonchev–Trinajstić information content (AvgIpc) is 2.85. The Balaban J connectivity index is 2.58. The topological polar surface area (TPSA) is 0 Å². The molecule has 0 radical (unpaired) electrons. The van der Waals surface area contributed by atoms with Gasteiger partial charge in [-0.3, -0.25) is 0 Å². The molecule has 3 rings (SSSR count). The van der Waals surface area contributed by atoms with Crippen LogP contribution in [0.5, 0.6) is 0 Å². The van der Waals surface area contributed by atoms with Crippen molar-refractivity contribution in [3.8, 4) is 0 Å². The lowest BCUT2D eigenvalue weighted by Crippen LogP contribution is -1.96. The predicted molar refractivity (Wildman–Crippen MR) is 97.0 cm³/mol. The Morgan fingerprint density at radius 1 is 0.810 bits per heavy atom. The molecule has 0 aliphatic carbocycles. The van der Waals surface area contributed by atoms with Crippen LogP contribution in [0.4, 0.5) is 0 Å². The van der Waals surface area contributed by atoms with Crippen molar-refractivity contribution in [1.29, 1.82) is 0 Å². The lowest BCUT2D eigenvalue weighted by Gasteiger charge is -2.14. The molecule has 1 aromatic heterocycles. The molecule has 0 bridgehead atoms. The van der Waals surface area contributed by atoms with Crippen LogP contribution in [-0.2, 0) is 6.42 Å². The van der Waals surface area contributed by atoms with Crippen LogP contribution < -0.4 is 0 Å². The molecule has 0 atom stereocenters. The van der Waals surface area contributed by atoms with E-state index in [2.05, 4.69) is 53.7 Å². The number of hydrogen-bond donors (Lipinski definition) is 0. The van der Waals surface area contributed by atoms with Crippen LogP contribution in [-0.4, -0.2) is 0 Å². The van der Waals surface area contributed by atoms with E-state index in [0.717, 1.165) is 0 Å². The van der Waals surface area contributed by atoms with Gasteiger partial charge in [0.05, 0.1) is 0 Å². The average molecular weight is 296 g/mol. The van der Waals surface area contributed by atoms with Crippen molar-refractivity contribution >= 4 is 31.5 Å². The van der Waals surface area contributed by atoms with Gasteiger partial charge in [-0.25, -0.2) is 0 Å². The quantitative estimate of drug-likeness (QED) is 0.503. The molecule has 2 aromatic carbocycles. The van der Waals surface area contributed by atoms with Gasteiger partial charge in [-0.15, -0.1) is 11.3 Å². The van der Waals surface area contributed by atoms with Crippen LogP contribution in [0.3, 0.4) is 0 Å². The molecule has 0 aliphatic rings. The van der Waals surface area contributed by atoms with Crippen LogP contribution in [0, 0.1) is 34.6 Å². The Morgan fingerprint density at radius 2 is 1.52 bits per heavy atom. The molecule has 0 aliphatic heterocycles. The first kappa shape index (κ1) is 14.6. The van der Waals surface area contributed by atoms with E-state index < -0.39 is 0 Å². The molecule has 0 spiro atoms. The Morgan fingerprint density at radius 3 is 2.19 bits per heavy atom. The van der Waals surface area contributed by atoms with E-state index in [1.54, 1.807) is 5.56 Å². The van der Waals surface area contributed by atoms with Gasteiger partial charge in [0, 0.05) is 20.2 Å². The van der Waals surface area contributed by atoms with Gasteiger partial charge in [-0.2, -0.15) is 0 Å². The molecule has 21 heavy (non-hydrogen) atoms. The largest absolute Gasteiger partial charge is 0.135 e. The number of aryl methyl sites for hydroxylation is 4. The van der Waals surface area contributed by atoms with Crippen molar-refractivity contribution in [3.05, 3.63) is 45.5 Å². The minimum absolute atomic E-state index is 1.18. The highest BCUT2D eigenvalue weighted by atomic mass is 32.1. The van der Waals surface area contributed by atoms with E-state index in [-0.39, 0.29) is 0 Å². The maximum atomic E-state index is 2.34. The van der Waals surface area contributed by atoms with Crippen LogP contribution in [0.25, 0.3) is 20.2 Å². The first-order valence-electron chi connectivity index (χ1n) is 7.88. The Bertz CT molecular complexity index is 850. The highest BCUT2D eigenvalue weighted by Crippen LogP contribution is 2.42. The maximum Gasteiger partial charge on any atom is 0.0390 e. The molecule has 0 saturated carbocycles. The third kappa shape index (κ3) is 2.02. The SMILES string of the molecule is CCCc1c(C)c(C)c(C)c2sc3c(C)c(C)ccc3c12. The van der Waals surface area contributed by atoms with Crippen molar-refractivity contribution in [2.24, 2.45) is 0 Å². The first-order chi connectivity index (χ1) is 9.97. The maximum absolute atomic E-state index is 2.34. The van der Waals surface area contributed by atoms with Crippen molar-refractivity contribution < 1.29 is 0 Å². The molecule has 0 unspecified atom stereocenters. The summed E-state index contributed by atoms with van der Waals surface area (Å²) in [6.45, 7) is 13.6. The molecule has 0 nitrogen and oxygen atoms in total. The van der Waals surface area contributed by atoms with Crippen LogP contribution in [0.15, 0.2) is 12.1 Å². The number of rotatable bonds is 2. The molecular weight excluding hydrogens is 272 g/mol. The highest BCUT2D eigenvalue weighted by Gasteiger charge is 2.17. The molecule has 1 heterocycles. The number of hydrogen-bond acceptors (Lipinski definition) is 1. The van der Waals surface area contributed by atoms with Crippen LogP contribution >= 0.6 is 11.3 Å². The summed E-state index contributed by atoms with van der Waals surface area (Å²) in [6, 6.07) is 4.62. The predicted octanol–water partition coefficient (Wildman–Crippen LogP) is 6.55. The van der Waals surface area contributed by atoms with Gasteiger partial charge in [0.2, 0.25) is 0 Å². The number of thiophene rings is 1. The van der Waals surface area contributed by atoms with Crippen molar-refractivity contribution in [3.63, 3.8) is 0 Å². The summed E-state index contributed by atoms with van der Waals surface area (Å²) in [7, 11) is 0. The summed E-state index contributed by atoms with van der Waals surface area (Å²) in [4.78, 5) is 0. The second-order valence-electron chi connectivity index (χ2n) is 6.29. The third-order valence-electron chi connectivity index (χ3n) is 5.10. The number of benzene rings is 2. The molecule has 3 aromatic rings.